The number of carboxylic acid groups (broad SMARTS) is 1. The molecule has 2 unspecified atom stereocenters. The highest BCUT2D eigenvalue weighted by Crippen LogP contribution is 2.31. The van der Waals surface area contributed by atoms with Gasteiger partial charge in [-0.1, -0.05) is 0 Å². The van der Waals surface area contributed by atoms with Gasteiger partial charge in [0.05, 0.1) is 0 Å². The highest BCUT2D eigenvalue weighted by Gasteiger charge is 2.33. The standard InChI is InChI=1S/C12H18O6/c1-7(13)17-10-3-9(5-12(15)16)4-11(6-10)18-8(2)14/h9-11H,3-6H2,1-2H3,(H,15,16). The zero-order chi connectivity index (χ0) is 13.7. The van der Waals surface area contributed by atoms with E-state index in [2.05, 4.69) is 0 Å². The molecule has 1 rings (SSSR count). The summed E-state index contributed by atoms with van der Waals surface area (Å²) < 4.78 is 10.2. The van der Waals surface area contributed by atoms with Crippen molar-refractivity contribution in [3.8, 4) is 0 Å². The Bertz CT molecular complexity index is 279. The third-order valence-corrected chi connectivity index (χ3v) is 2.85. The number of aliphatic carboxylic acids is 1. The maximum Gasteiger partial charge on any atom is 0.303 e. The summed E-state index contributed by atoms with van der Waals surface area (Å²) in [5.74, 6) is -1.84. The van der Waals surface area contributed by atoms with Gasteiger partial charge in [-0.3, -0.25) is 14.4 Å². The summed E-state index contributed by atoms with van der Waals surface area (Å²) in [5, 5.41) is 8.79. The summed E-state index contributed by atoms with van der Waals surface area (Å²) >= 11 is 0. The van der Waals surface area contributed by atoms with E-state index in [0.717, 1.165) is 0 Å². The predicted octanol–water partition coefficient (Wildman–Crippen LogP) is 1.12. The average Bonchev–Trinajstić information content (AvgIpc) is 2.12. The molecule has 6 heteroatoms. The molecule has 0 aromatic rings. The Morgan fingerprint density at radius 2 is 1.44 bits per heavy atom. The minimum Gasteiger partial charge on any atom is -0.481 e. The van der Waals surface area contributed by atoms with E-state index in [1.807, 2.05) is 0 Å². The molecule has 0 aromatic heterocycles. The van der Waals surface area contributed by atoms with Gasteiger partial charge in [0.15, 0.2) is 0 Å². The van der Waals surface area contributed by atoms with Crippen molar-refractivity contribution in [3.63, 3.8) is 0 Å². The van der Waals surface area contributed by atoms with Gasteiger partial charge in [-0.15, -0.1) is 0 Å². The molecular formula is C12H18O6. The van der Waals surface area contributed by atoms with E-state index >= 15 is 0 Å². The van der Waals surface area contributed by atoms with Crippen LogP contribution in [0.3, 0.4) is 0 Å². The van der Waals surface area contributed by atoms with Crippen LogP contribution in [0.25, 0.3) is 0 Å². The minimum absolute atomic E-state index is 0.00443. The Morgan fingerprint density at radius 3 is 1.78 bits per heavy atom. The fourth-order valence-electron chi connectivity index (χ4n) is 2.40. The number of esters is 2. The molecule has 6 nitrogen and oxygen atoms in total. The van der Waals surface area contributed by atoms with Gasteiger partial charge in [0.1, 0.15) is 12.2 Å². The van der Waals surface area contributed by atoms with Crippen LogP contribution in [0.1, 0.15) is 39.5 Å². The summed E-state index contributed by atoms with van der Waals surface area (Å²) in [6, 6.07) is 0. The molecule has 1 aliphatic rings. The maximum atomic E-state index is 10.9. The van der Waals surface area contributed by atoms with Crippen LogP contribution in [-0.2, 0) is 23.9 Å². The number of carbonyl (C=O) groups is 3. The zero-order valence-corrected chi connectivity index (χ0v) is 10.5. The largest absolute Gasteiger partial charge is 0.481 e. The van der Waals surface area contributed by atoms with Crippen LogP contribution in [0.15, 0.2) is 0 Å². The van der Waals surface area contributed by atoms with Gasteiger partial charge in [-0.25, -0.2) is 0 Å². The summed E-state index contributed by atoms with van der Waals surface area (Å²) in [5.41, 5.74) is 0. The van der Waals surface area contributed by atoms with E-state index < -0.39 is 17.9 Å². The van der Waals surface area contributed by atoms with E-state index in [4.69, 9.17) is 14.6 Å². The van der Waals surface area contributed by atoms with Gasteiger partial charge in [-0.05, 0) is 18.8 Å². The van der Waals surface area contributed by atoms with Gasteiger partial charge in [0.25, 0.3) is 0 Å². The Hall–Kier alpha value is -1.59. The number of carbonyl (C=O) groups excluding carboxylic acids is 2. The SMILES string of the molecule is CC(=O)OC1CC(CC(=O)O)CC(OC(C)=O)C1. The number of rotatable bonds is 4. The third kappa shape index (κ3) is 5.16. The molecule has 0 bridgehead atoms. The van der Waals surface area contributed by atoms with Crippen molar-refractivity contribution in [2.45, 2.75) is 51.7 Å². The summed E-state index contributed by atoms with van der Waals surface area (Å²) in [4.78, 5) is 32.6. The first kappa shape index (κ1) is 14.5. The van der Waals surface area contributed by atoms with Crippen LogP contribution >= 0.6 is 0 Å². The lowest BCUT2D eigenvalue weighted by molar-refractivity contribution is -0.158. The first-order valence-electron chi connectivity index (χ1n) is 5.93. The van der Waals surface area contributed by atoms with Gasteiger partial charge >= 0.3 is 17.9 Å². The van der Waals surface area contributed by atoms with Crippen molar-refractivity contribution in [2.75, 3.05) is 0 Å². The number of hydrogen-bond acceptors (Lipinski definition) is 5. The Labute approximate surface area is 105 Å². The van der Waals surface area contributed by atoms with Crippen molar-refractivity contribution < 1.29 is 29.0 Å². The third-order valence-electron chi connectivity index (χ3n) is 2.85. The van der Waals surface area contributed by atoms with Crippen molar-refractivity contribution in [3.05, 3.63) is 0 Å². The summed E-state index contributed by atoms with van der Waals surface area (Å²) in [7, 11) is 0. The van der Waals surface area contributed by atoms with Crippen LogP contribution in [0.5, 0.6) is 0 Å². The van der Waals surface area contributed by atoms with E-state index in [0.29, 0.717) is 19.3 Å². The second-order valence-electron chi connectivity index (χ2n) is 4.63. The van der Waals surface area contributed by atoms with Crippen LogP contribution in [-0.4, -0.2) is 35.2 Å². The predicted molar refractivity (Wildman–Crippen MR) is 60.7 cm³/mol. The quantitative estimate of drug-likeness (QED) is 0.760. The number of carboxylic acids is 1. The Kier molecular flexibility index (Phi) is 5.12. The molecule has 1 fully saturated rings. The van der Waals surface area contributed by atoms with Crippen molar-refractivity contribution in [1.82, 2.24) is 0 Å². The van der Waals surface area contributed by atoms with Gasteiger partial charge in [0, 0.05) is 26.7 Å². The first-order valence-corrected chi connectivity index (χ1v) is 5.93. The van der Waals surface area contributed by atoms with Gasteiger partial charge in [-0.2, -0.15) is 0 Å². The molecule has 1 saturated carbocycles. The molecule has 2 atom stereocenters. The van der Waals surface area contributed by atoms with Gasteiger partial charge in [0.2, 0.25) is 0 Å². The highest BCUT2D eigenvalue weighted by atomic mass is 16.6. The molecule has 102 valence electrons. The minimum atomic E-state index is -0.898. The molecule has 18 heavy (non-hydrogen) atoms. The molecule has 0 radical (unpaired) electrons. The fourth-order valence-corrected chi connectivity index (χ4v) is 2.40. The van der Waals surface area contributed by atoms with Crippen LogP contribution in [0.4, 0.5) is 0 Å². The molecule has 0 heterocycles. The molecular weight excluding hydrogens is 240 g/mol. The van der Waals surface area contributed by atoms with E-state index in [9.17, 15) is 14.4 Å². The number of ether oxygens (including phenoxy) is 2. The lowest BCUT2D eigenvalue weighted by atomic mass is 9.83. The van der Waals surface area contributed by atoms with Crippen LogP contribution in [0, 0.1) is 5.92 Å². The summed E-state index contributed by atoms with van der Waals surface area (Å²) in [6.45, 7) is 2.61. The van der Waals surface area contributed by atoms with Crippen LogP contribution in [0.2, 0.25) is 0 Å². The van der Waals surface area contributed by atoms with Crippen LogP contribution < -0.4 is 0 Å². The second-order valence-corrected chi connectivity index (χ2v) is 4.63. The van der Waals surface area contributed by atoms with Gasteiger partial charge < -0.3 is 14.6 Å². The monoisotopic (exact) mass is 258 g/mol. The molecule has 1 N–H and O–H groups in total. The smallest absolute Gasteiger partial charge is 0.303 e. The van der Waals surface area contributed by atoms with E-state index in [1.165, 1.54) is 13.8 Å². The lowest BCUT2D eigenvalue weighted by Gasteiger charge is -2.33. The average molecular weight is 258 g/mol. The van der Waals surface area contributed by atoms with Crippen molar-refractivity contribution in [1.29, 1.82) is 0 Å². The zero-order valence-electron chi connectivity index (χ0n) is 10.5. The highest BCUT2D eigenvalue weighted by molar-refractivity contribution is 5.68. The lowest BCUT2D eigenvalue weighted by Crippen LogP contribution is -2.35. The first-order chi connectivity index (χ1) is 8.36. The maximum absolute atomic E-state index is 10.9. The molecule has 0 amide bonds. The molecule has 0 aliphatic heterocycles. The van der Waals surface area contributed by atoms with E-state index in [1.54, 1.807) is 0 Å². The second kappa shape index (κ2) is 6.37. The normalized spacial score (nSPS) is 27.3. The molecule has 1 aliphatic carbocycles. The summed E-state index contributed by atoms with van der Waals surface area (Å²) in [6.07, 6.45) is 0.702. The van der Waals surface area contributed by atoms with Crippen molar-refractivity contribution >= 4 is 17.9 Å². The van der Waals surface area contributed by atoms with Crippen molar-refractivity contribution in [2.24, 2.45) is 5.92 Å². The van der Waals surface area contributed by atoms with E-state index in [-0.39, 0.29) is 24.5 Å². The fraction of sp³-hybridized carbons (Fsp3) is 0.750. The number of hydrogen-bond donors (Lipinski definition) is 1. The molecule has 0 saturated heterocycles. The molecule has 0 aromatic carbocycles. The Balaban J connectivity index is 2.62. The Morgan fingerprint density at radius 1 is 1.00 bits per heavy atom. The molecule has 0 spiro atoms. The topological polar surface area (TPSA) is 89.9 Å².